The van der Waals surface area contributed by atoms with Crippen LogP contribution in [0.5, 0.6) is 0 Å². The smallest absolute Gasteiger partial charge is 0.254 e. The first-order valence-electron chi connectivity index (χ1n) is 11.7. The molecule has 3 aromatic carbocycles. The molecule has 2 heterocycles. The molecule has 0 aliphatic carbocycles. The van der Waals surface area contributed by atoms with Gasteiger partial charge in [0.25, 0.3) is 5.91 Å². The number of hydrogen-bond donors (Lipinski definition) is 0. The summed E-state index contributed by atoms with van der Waals surface area (Å²) in [5.74, 6) is -0.209. The normalized spacial score (nSPS) is 14.0. The largest absolute Gasteiger partial charge is 0.368 e. The molecule has 0 bridgehead atoms. The molecule has 1 amide bonds. The zero-order chi connectivity index (χ0) is 23.8. The molecule has 5 rings (SSSR count). The Morgan fingerprint density at radius 1 is 0.824 bits per heavy atom. The van der Waals surface area contributed by atoms with Gasteiger partial charge in [0.1, 0.15) is 5.82 Å². The van der Waals surface area contributed by atoms with E-state index in [1.807, 2.05) is 30.0 Å². The molecule has 172 valence electrons. The average Bonchev–Trinajstić information content (AvgIpc) is 2.85. The fraction of sp³-hybridized carbons (Fsp3) is 0.241. The Morgan fingerprint density at radius 2 is 1.56 bits per heavy atom. The number of aromatic nitrogens is 1. The minimum absolute atomic E-state index is 0.0295. The summed E-state index contributed by atoms with van der Waals surface area (Å²) in [4.78, 5) is 22.8. The van der Waals surface area contributed by atoms with Crippen LogP contribution >= 0.6 is 0 Å². The van der Waals surface area contributed by atoms with Crippen molar-refractivity contribution in [3.63, 3.8) is 0 Å². The summed E-state index contributed by atoms with van der Waals surface area (Å²) in [6.07, 6.45) is 0. The minimum atomic E-state index is -0.239. The van der Waals surface area contributed by atoms with Crippen molar-refractivity contribution in [3.05, 3.63) is 94.8 Å². The lowest BCUT2D eigenvalue weighted by Gasteiger charge is -2.36. The van der Waals surface area contributed by atoms with Crippen LogP contribution in [-0.4, -0.2) is 42.0 Å². The lowest BCUT2D eigenvalue weighted by molar-refractivity contribution is 0.0748. The monoisotopic (exact) mass is 453 g/mol. The van der Waals surface area contributed by atoms with Crippen LogP contribution in [0.2, 0.25) is 0 Å². The van der Waals surface area contributed by atoms with Gasteiger partial charge >= 0.3 is 0 Å². The Morgan fingerprint density at radius 3 is 2.26 bits per heavy atom. The van der Waals surface area contributed by atoms with Gasteiger partial charge in [-0.25, -0.2) is 9.37 Å². The molecule has 0 unspecified atom stereocenters. The Kier molecular flexibility index (Phi) is 5.78. The van der Waals surface area contributed by atoms with Gasteiger partial charge in [-0.15, -0.1) is 0 Å². The molecule has 0 saturated carbocycles. The number of rotatable bonds is 3. The number of fused-ring (bicyclic) bond motifs is 1. The SMILES string of the molecule is Cc1ccc2nc(-c3ccc(C)c(C)c3)cc(C(=O)N3CCN(c4ccc(F)cc4)CC3)c2c1. The van der Waals surface area contributed by atoms with Gasteiger partial charge in [0.15, 0.2) is 0 Å². The summed E-state index contributed by atoms with van der Waals surface area (Å²) in [5, 5.41) is 0.888. The van der Waals surface area contributed by atoms with E-state index in [-0.39, 0.29) is 11.7 Å². The topological polar surface area (TPSA) is 36.4 Å². The highest BCUT2D eigenvalue weighted by molar-refractivity contribution is 6.07. The Balaban J connectivity index is 1.47. The highest BCUT2D eigenvalue weighted by Gasteiger charge is 2.25. The van der Waals surface area contributed by atoms with Gasteiger partial charge in [-0.2, -0.15) is 0 Å². The Hall–Kier alpha value is -3.73. The molecule has 0 atom stereocenters. The number of benzene rings is 3. The standard InChI is InChI=1S/C29H28FN3O/c1-19-4-11-27-25(16-19)26(18-28(31-27)22-6-5-20(2)21(3)17-22)29(34)33-14-12-32(13-15-33)24-9-7-23(30)8-10-24/h4-11,16-18H,12-15H2,1-3H3. The summed E-state index contributed by atoms with van der Waals surface area (Å²) >= 11 is 0. The zero-order valence-corrected chi connectivity index (χ0v) is 19.8. The number of carbonyl (C=O) groups excluding carboxylic acids is 1. The van der Waals surface area contributed by atoms with Crippen LogP contribution in [0, 0.1) is 26.6 Å². The number of piperazine rings is 1. The molecule has 4 nitrogen and oxygen atoms in total. The third kappa shape index (κ3) is 4.26. The van der Waals surface area contributed by atoms with E-state index < -0.39 is 0 Å². The van der Waals surface area contributed by atoms with E-state index in [0.717, 1.165) is 33.4 Å². The van der Waals surface area contributed by atoms with Gasteiger partial charge in [-0.3, -0.25) is 4.79 Å². The second-order valence-electron chi connectivity index (χ2n) is 9.13. The van der Waals surface area contributed by atoms with E-state index in [9.17, 15) is 9.18 Å². The molecule has 1 fully saturated rings. The molecule has 1 saturated heterocycles. The first-order chi connectivity index (χ1) is 16.4. The van der Waals surface area contributed by atoms with Gasteiger partial charge in [0.05, 0.1) is 16.8 Å². The first-order valence-corrected chi connectivity index (χ1v) is 11.7. The molecule has 0 spiro atoms. The summed E-state index contributed by atoms with van der Waals surface area (Å²) < 4.78 is 13.3. The van der Waals surface area contributed by atoms with Crippen molar-refractivity contribution in [3.8, 4) is 11.3 Å². The third-order valence-electron chi connectivity index (χ3n) is 6.76. The highest BCUT2D eigenvalue weighted by atomic mass is 19.1. The van der Waals surface area contributed by atoms with Gasteiger partial charge in [-0.1, -0.05) is 23.8 Å². The summed E-state index contributed by atoms with van der Waals surface area (Å²) in [6, 6.07) is 20.9. The summed E-state index contributed by atoms with van der Waals surface area (Å²) in [7, 11) is 0. The van der Waals surface area contributed by atoms with Crippen molar-refractivity contribution >= 4 is 22.5 Å². The molecule has 0 radical (unpaired) electrons. The van der Waals surface area contributed by atoms with E-state index in [2.05, 4.69) is 43.0 Å². The second-order valence-corrected chi connectivity index (χ2v) is 9.13. The highest BCUT2D eigenvalue weighted by Crippen LogP contribution is 2.28. The number of pyridine rings is 1. The van der Waals surface area contributed by atoms with Crippen molar-refractivity contribution in [1.82, 2.24) is 9.88 Å². The number of nitrogens with zero attached hydrogens (tertiary/aromatic N) is 3. The van der Waals surface area contributed by atoms with Gasteiger partial charge < -0.3 is 9.80 Å². The van der Waals surface area contributed by atoms with Crippen molar-refractivity contribution in [2.75, 3.05) is 31.1 Å². The van der Waals surface area contributed by atoms with E-state index in [1.165, 1.54) is 23.3 Å². The maximum absolute atomic E-state index is 13.7. The average molecular weight is 454 g/mol. The second kappa shape index (κ2) is 8.90. The predicted octanol–water partition coefficient (Wildman–Crippen LogP) is 5.93. The predicted molar refractivity (Wildman–Crippen MR) is 136 cm³/mol. The fourth-order valence-corrected chi connectivity index (χ4v) is 4.56. The summed E-state index contributed by atoms with van der Waals surface area (Å²) in [5.41, 5.74) is 7.86. The van der Waals surface area contributed by atoms with E-state index in [4.69, 9.17) is 4.98 Å². The molecule has 5 heteroatoms. The number of hydrogen-bond acceptors (Lipinski definition) is 3. The lowest BCUT2D eigenvalue weighted by atomic mass is 9.99. The first kappa shape index (κ1) is 22.1. The van der Waals surface area contributed by atoms with Crippen LogP contribution in [0.25, 0.3) is 22.2 Å². The lowest BCUT2D eigenvalue weighted by Crippen LogP contribution is -2.48. The van der Waals surface area contributed by atoms with Crippen molar-refractivity contribution in [1.29, 1.82) is 0 Å². The third-order valence-corrected chi connectivity index (χ3v) is 6.76. The van der Waals surface area contributed by atoms with E-state index >= 15 is 0 Å². The molecular weight excluding hydrogens is 425 g/mol. The van der Waals surface area contributed by atoms with Crippen molar-refractivity contribution < 1.29 is 9.18 Å². The van der Waals surface area contributed by atoms with Crippen molar-refractivity contribution in [2.24, 2.45) is 0 Å². The fourth-order valence-electron chi connectivity index (χ4n) is 4.56. The molecule has 1 aromatic heterocycles. The Bertz CT molecular complexity index is 1370. The maximum Gasteiger partial charge on any atom is 0.254 e. The molecule has 4 aromatic rings. The van der Waals surface area contributed by atoms with Crippen LogP contribution in [0.15, 0.2) is 66.7 Å². The van der Waals surface area contributed by atoms with Crippen LogP contribution in [0.1, 0.15) is 27.0 Å². The molecule has 1 aliphatic rings. The van der Waals surface area contributed by atoms with Crippen LogP contribution in [0.4, 0.5) is 10.1 Å². The van der Waals surface area contributed by atoms with Gasteiger partial charge in [0, 0.05) is 42.8 Å². The van der Waals surface area contributed by atoms with E-state index in [0.29, 0.717) is 31.7 Å². The number of halogens is 1. The van der Waals surface area contributed by atoms with Crippen LogP contribution in [-0.2, 0) is 0 Å². The zero-order valence-electron chi connectivity index (χ0n) is 19.8. The molecule has 1 aliphatic heterocycles. The molecular formula is C29H28FN3O. The molecule has 34 heavy (non-hydrogen) atoms. The number of carbonyl (C=O) groups is 1. The van der Waals surface area contributed by atoms with E-state index in [1.54, 1.807) is 12.1 Å². The number of aryl methyl sites for hydroxylation is 3. The van der Waals surface area contributed by atoms with Gasteiger partial charge in [-0.05, 0) is 80.4 Å². The van der Waals surface area contributed by atoms with Gasteiger partial charge in [0.2, 0.25) is 0 Å². The maximum atomic E-state index is 13.7. The summed E-state index contributed by atoms with van der Waals surface area (Å²) in [6.45, 7) is 8.88. The molecule has 0 N–H and O–H groups in total. The minimum Gasteiger partial charge on any atom is -0.368 e. The Labute approximate surface area is 199 Å². The van der Waals surface area contributed by atoms with Crippen molar-refractivity contribution in [2.45, 2.75) is 20.8 Å². The number of amides is 1. The van der Waals surface area contributed by atoms with Crippen LogP contribution in [0.3, 0.4) is 0 Å². The quantitative estimate of drug-likeness (QED) is 0.386. The van der Waals surface area contributed by atoms with Crippen LogP contribution < -0.4 is 4.90 Å². The number of anilines is 1.